The normalized spacial score (nSPS) is 10.9. The van der Waals surface area contributed by atoms with E-state index in [1.807, 2.05) is 36.4 Å². The van der Waals surface area contributed by atoms with Crippen molar-refractivity contribution in [2.45, 2.75) is 0 Å². The lowest BCUT2D eigenvalue weighted by molar-refractivity contribution is -0.384. The molecule has 0 atom stereocenters. The molecular weight excluding hydrogens is 558 g/mol. The SMILES string of the molecule is O=C(Nc1ccc(-c2ccc3nnc(-c4cccnc4)n3n2)cc1)c1ccccc1C(=O)c1ccc(Cl)c([N+](=O)[O-])c1. The molecule has 0 saturated carbocycles. The number of amides is 1. The summed E-state index contributed by atoms with van der Waals surface area (Å²) in [5.74, 6) is -0.498. The minimum atomic E-state index is -0.666. The zero-order valence-electron chi connectivity index (χ0n) is 21.5. The van der Waals surface area contributed by atoms with Crippen LogP contribution in [0.4, 0.5) is 11.4 Å². The smallest absolute Gasteiger partial charge is 0.288 e. The third-order valence-electron chi connectivity index (χ3n) is 6.44. The molecule has 0 aliphatic carbocycles. The third kappa shape index (κ3) is 5.07. The predicted molar refractivity (Wildman–Crippen MR) is 155 cm³/mol. The van der Waals surface area contributed by atoms with Crippen molar-refractivity contribution in [2.24, 2.45) is 0 Å². The highest BCUT2D eigenvalue weighted by molar-refractivity contribution is 6.33. The summed E-state index contributed by atoms with van der Waals surface area (Å²) < 4.78 is 1.64. The molecule has 0 aliphatic rings. The summed E-state index contributed by atoms with van der Waals surface area (Å²) in [5.41, 5.74) is 3.18. The van der Waals surface area contributed by atoms with Crippen molar-refractivity contribution >= 4 is 40.3 Å². The molecule has 1 amide bonds. The fraction of sp³-hybridized carbons (Fsp3) is 0. The molecule has 11 nitrogen and oxygen atoms in total. The first-order valence-corrected chi connectivity index (χ1v) is 12.9. The number of nitrogens with one attached hydrogen (secondary N) is 1. The molecule has 6 aromatic rings. The van der Waals surface area contributed by atoms with Gasteiger partial charge in [-0.15, -0.1) is 10.2 Å². The van der Waals surface area contributed by atoms with Crippen LogP contribution in [0.2, 0.25) is 5.02 Å². The maximum absolute atomic E-state index is 13.2. The second kappa shape index (κ2) is 11.0. The first kappa shape index (κ1) is 26.4. The van der Waals surface area contributed by atoms with Gasteiger partial charge in [-0.2, -0.15) is 9.61 Å². The standard InChI is InChI=1S/C30H18ClN7O4/c31-24-12-9-19(16-26(24)38(41)42)28(39)22-5-1-2-6-23(22)30(40)33-21-10-7-18(8-11-21)25-13-14-27-34-35-29(37(27)36-25)20-4-3-15-32-17-20/h1-17H,(H,33,40). The van der Waals surface area contributed by atoms with Crippen LogP contribution in [0.3, 0.4) is 0 Å². The van der Waals surface area contributed by atoms with Gasteiger partial charge in [0, 0.05) is 46.4 Å². The van der Waals surface area contributed by atoms with Crippen LogP contribution >= 0.6 is 11.6 Å². The Labute approximate surface area is 242 Å². The first-order chi connectivity index (χ1) is 20.4. The van der Waals surface area contributed by atoms with Crippen molar-refractivity contribution in [3.05, 3.63) is 135 Å². The van der Waals surface area contributed by atoms with Gasteiger partial charge in [-0.3, -0.25) is 24.7 Å². The summed E-state index contributed by atoms with van der Waals surface area (Å²) in [4.78, 5) is 41.2. The number of hydrogen-bond donors (Lipinski definition) is 1. The topological polar surface area (TPSA) is 145 Å². The van der Waals surface area contributed by atoms with Crippen LogP contribution < -0.4 is 5.32 Å². The van der Waals surface area contributed by atoms with E-state index in [2.05, 4.69) is 20.5 Å². The average molecular weight is 576 g/mol. The van der Waals surface area contributed by atoms with E-state index in [0.717, 1.165) is 17.2 Å². The summed E-state index contributed by atoms with van der Waals surface area (Å²) in [6, 6.07) is 24.4. The van der Waals surface area contributed by atoms with Crippen LogP contribution in [0.15, 0.2) is 103 Å². The molecule has 0 bridgehead atoms. The maximum Gasteiger partial charge on any atom is 0.288 e. The number of aromatic nitrogens is 5. The number of hydrogen-bond acceptors (Lipinski definition) is 8. The monoisotopic (exact) mass is 575 g/mol. The Bertz CT molecular complexity index is 1990. The molecule has 12 heteroatoms. The first-order valence-electron chi connectivity index (χ1n) is 12.5. The Kier molecular flexibility index (Phi) is 6.91. The van der Waals surface area contributed by atoms with Crippen LogP contribution in [-0.2, 0) is 0 Å². The summed E-state index contributed by atoms with van der Waals surface area (Å²) >= 11 is 5.89. The van der Waals surface area contributed by atoms with E-state index in [1.54, 1.807) is 41.2 Å². The van der Waals surface area contributed by atoms with Gasteiger partial charge in [0.05, 0.1) is 16.2 Å². The zero-order valence-corrected chi connectivity index (χ0v) is 22.3. The van der Waals surface area contributed by atoms with Crippen molar-refractivity contribution in [1.82, 2.24) is 24.8 Å². The van der Waals surface area contributed by atoms with E-state index in [-0.39, 0.29) is 21.7 Å². The van der Waals surface area contributed by atoms with Gasteiger partial charge in [-0.05, 0) is 54.6 Å². The Morgan fingerprint density at radius 3 is 2.38 bits per heavy atom. The minimum Gasteiger partial charge on any atom is -0.322 e. The Morgan fingerprint density at radius 1 is 0.857 bits per heavy atom. The van der Waals surface area contributed by atoms with Gasteiger partial charge < -0.3 is 5.32 Å². The molecule has 0 radical (unpaired) electrons. The van der Waals surface area contributed by atoms with Gasteiger partial charge in [0.1, 0.15) is 5.02 Å². The van der Waals surface area contributed by atoms with Crippen LogP contribution in [0, 0.1) is 10.1 Å². The molecule has 3 aromatic heterocycles. The molecule has 3 aromatic carbocycles. The van der Waals surface area contributed by atoms with E-state index >= 15 is 0 Å². The number of pyridine rings is 1. The van der Waals surface area contributed by atoms with Gasteiger partial charge in [0.25, 0.3) is 11.6 Å². The average Bonchev–Trinajstić information content (AvgIpc) is 3.45. The number of nitrogens with zero attached hydrogens (tertiary/aromatic N) is 6. The number of carbonyl (C=O) groups is 2. The Hall–Kier alpha value is -5.81. The highest BCUT2D eigenvalue weighted by Crippen LogP contribution is 2.27. The third-order valence-corrected chi connectivity index (χ3v) is 6.76. The largest absolute Gasteiger partial charge is 0.322 e. The Morgan fingerprint density at radius 2 is 1.64 bits per heavy atom. The minimum absolute atomic E-state index is 0.0416. The molecule has 0 unspecified atom stereocenters. The van der Waals surface area contributed by atoms with Gasteiger partial charge >= 0.3 is 0 Å². The van der Waals surface area contributed by atoms with Crippen LogP contribution in [0.1, 0.15) is 26.3 Å². The molecule has 204 valence electrons. The summed E-state index contributed by atoms with van der Waals surface area (Å²) in [5, 5.41) is 27.1. The number of halogens is 1. The quantitative estimate of drug-likeness (QED) is 0.141. The van der Waals surface area contributed by atoms with Crippen molar-refractivity contribution in [3.8, 4) is 22.6 Å². The van der Waals surface area contributed by atoms with Crippen molar-refractivity contribution < 1.29 is 14.5 Å². The lowest BCUT2D eigenvalue weighted by atomic mass is 9.97. The van der Waals surface area contributed by atoms with Gasteiger partial charge in [0.15, 0.2) is 17.3 Å². The molecular formula is C30H18ClN7O4. The molecule has 1 N–H and O–H groups in total. The number of rotatable bonds is 7. The molecule has 0 aliphatic heterocycles. The number of carbonyl (C=O) groups excluding carboxylic acids is 2. The van der Waals surface area contributed by atoms with Crippen LogP contribution in [-0.4, -0.2) is 41.4 Å². The van der Waals surface area contributed by atoms with E-state index < -0.39 is 22.3 Å². The number of benzene rings is 3. The number of fused-ring (bicyclic) bond motifs is 1. The lowest BCUT2D eigenvalue weighted by Crippen LogP contribution is -2.17. The summed E-state index contributed by atoms with van der Waals surface area (Å²) in [6.45, 7) is 0. The highest BCUT2D eigenvalue weighted by Gasteiger charge is 2.22. The summed E-state index contributed by atoms with van der Waals surface area (Å²) in [7, 11) is 0. The molecule has 42 heavy (non-hydrogen) atoms. The molecule has 3 heterocycles. The van der Waals surface area contributed by atoms with E-state index in [4.69, 9.17) is 16.7 Å². The number of nitro benzene ring substituents is 1. The predicted octanol–water partition coefficient (Wildman–Crippen LogP) is 5.90. The Balaban J connectivity index is 1.24. The van der Waals surface area contributed by atoms with Crippen molar-refractivity contribution in [2.75, 3.05) is 5.32 Å². The highest BCUT2D eigenvalue weighted by atomic mass is 35.5. The van der Waals surface area contributed by atoms with Gasteiger partial charge in [0.2, 0.25) is 0 Å². The van der Waals surface area contributed by atoms with E-state index in [0.29, 0.717) is 22.9 Å². The second-order valence-electron chi connectivity index (χ2n) is 9.08. The van der Waals surface area contributed by atoms with Crippen molar-refractivity contribution in [1.29, 1.82) is 0 Å². The molecule has 0 saturated heterocycles. The fourth-order valence-electron chi connectivity index (χ4n) is 4.37. The van der Waals surface area contributed by atoms with Gasteiger partial charge in [-0.1, -0.05) is 41.9 Å². The van der Waals surface area contributed by atoms with E-state index in [1.165, 1.54) is 24.3 Å². The summed E-state index contributed by atoms with van der Waals surface area (Å²) in [6.07, 6.45) is 3.36. The van der Waals surface area contributed by atoms with Crippen molar-refractivity contribution in [3.63, 3.8) is 0 Å². The van der Waals surface area contributed by atoms with Crippen LogP contribution in [0.25, 0.3) is 28.3 Å². The van der Waals surface area contributed by atoms with Crippen LogP contribution in [0.5, 0.6) is 0 Å². The molecule has 0 spiro atoms. The number of ketones is 1. The fourth-order valence-corrected chi connectivity index (χ4v) is 4.56. The zero-order chi connectivity index (χ0) is 29.2. The van der Waals surface area contributed by atoms with E-state index in [9.17, 15) is 19.7 Å². The maximum atomic E-state index is 13.2. The second-order valence-corrected chi connectivity index (χ2v) is 9.49. The molecule has 6 rings (SSSR count). The number of nitro groups is 1. The number of anilines is 1. The van der Waals surface area contributed by atoms with Gasteiger partial charge in [-0.25, -0.2) is 0 Å². The molecule has 0 fully saturated rings. The lowest BCUT2D eigenvalue weighted by Gasteiger charge is -2.11.